The van der Waals surface area contributed by atoms with Crippen LogP contribution >= 0.6 is 22.7 Å². The molecule has 2 heterocycles. The molecule has 0 N–H and O–H groups in total. The molecule has 32 heavy (non-hydrogen) atoms. The first kappa shape index (κ1) is 25.5. The zero-order valence-electron chi connectivity index (χ0n) is 21.3. The summed E-state index contributed by atoms with van der Waals surface area (Å²) in [4.78, 5) is 18.5. The Kier molecular flexibility index (Phi) is 9.42. The minimum atomic E-state index is -0.116. The predicted octanol–water partition coefficient (Wildman–Crippen LogP) is 7.64. The van der Waals surface area contributed by atoms with Crippen molar-refractivity contribution in [2.24, 2.45) is 0 Å². The first-order valence-corrected chi connectivity index (χ1v) is 14.6. The van der Waals surface area contributed by atoms with Crippen molar-refractivity contribution < 1.29 is 0 Å². The topological polar surface area (TPSA) is 32.3 Å². The van der Waals surface area contributed by atoms with Crippen LogP contribution in [0.1, 0.15) is 114 Å². The van der Waals surface area contributed by atoms with E-state index < -0.39 is 0 Å². The van der Waals surface area contributed by atoms with Gasteiger partial charge in [-0.3, -0.25) is 0 Å². The van der Waals surface area contributed by atoms with Gasteiger partial charge in [0.15, 0.2) is 10.3 Å². The number of anilines is 2. The number of hydrogen-bond donors (Lipinski definition) is 0. The minimum absolute atomic E-state index is 0.116. The van der Waals surface area contributed by atoms with Gasteiger partial charge in [0.1, 0.15) is 0 Å². The zero-order chi connectivity index (χ0) is 23.1. The minimum Gasteiger partial charge on any atom is -0.348 e. The summed E-state index contributed by atoms with van der Waals surface area (Å²) in [7, 11) is 0. The number of hydrogen-bond acceptors (Lipinski definition) is 6. The molecule has 2 aromatic heterocycles. The lowest BCUT2D eigenvalue weighted by Crippen LogP contribution is -2.28. The Hall–Kier alpha value is -1.14. The molecule has 0 unspecified atom stereocenters. The van der Waals surface area contributed by atoms with Crippen molar-refractivity contribution in [3.63, 3.8) is 0 Å². The molecule has 0 amide bonds. The number of fused-ring (bicyclic) bond motifs is 2. The van der Waals surface area contributed by atoms with Gasteiger partial charge in [-0.2, -0.15) is 0 Å². The Morgan fingerprint density at radius 1 is 0.656 bits per heavy atom. The number of rotatable bonds is 14. The van der Waals surface area contributed by atoms with Gasteiger partial charge in [0.2, 0.25) is 0 Å². The van der Waals surface area contributed by atoms with Crippen LogP contribution < -0.4 is 9.80 Å². The lowest BCUT2D eigenvalue weighted by Gasteiger charge is -2.27. The zero-order valence-corrected chi connectivity index (χ0v) is 22.9. The summed E-state index contributed by atoms with van der Waals surface area (Å²) in [6.07, 6.45) is 10.9. The average molecular weight is 477 g/mol. The summed E-state index contributed by atoms with van der Waals surface area (Å²) in [5.74, 6) is 0. The van der Waals surface area contributed by atoms with Crippen molar-refractivity contribution in [1.29, 1.82) is 0 Å². The average Bonchev–Trinajstić information content (AvgIpc) is 3.40. The molecule has 0 fully saturated rings. The molecule has 0 spiro atoms. The molecule has 2 aromatic rings. The van der Waals surface area contributed by atoms with Gasteiger partial charge in [-0.15, -0.1) is 22.7 Å². The van der Waals surface area contributed by atoms with Crippen LogP contribution in [0.3, 0.4) is 0 Å². The van der Waals surface area contributed by atoms with Crippen LogP contribution in [0.2, 0.25) is 0 Å². The molecule has 1 aliphatic rings. The maximum Gasteiger partial charge on any atom is 0.185 e. The van der Waals surface area contributed by atoms with E-state index in [1.54, 1.807) is 0 Å². The van der Waals surface area contributed by atoms with E-state index >= 15 is 0 Å². The fourth-order valence-electron chi connectivity index (χ4n) is 4.43. The third-order valence-electron chi connectivity index (χ3n) is 6.54. The first-order chi connectivity index (χ1) is 15.5. The van der Waals surface area contributed by atoms with Crippen LogP contribution in [0.5, 0.6) is 0 Å². The van der Waals surface area contributed by atoms with Crippen LogP contribution in [0.4, 0.5) is 10.3 Å². The largest absolute Gasteiger partial charge is 0.348 e. The van der Waals surface area contributed by atoms with Crippen molar-refractivity contribution in [3.05, 3.63) is 21.1 Å². The number of aromatic nitrogens is 2. The van der Waals surface area contributed by atoms with Gasteiger partial charge in [0.05, 0.1) is 16.8 Å². The molecular weight excluding hydrogens is 432 g/mol. The van der Waals surface area contributed by atoms with Crippen molar-refractivity contribution in [1.82, 2.24) is 9.97 Å². The van der Waals surface area contributed by atoms with Crippen LogP contribution in [0.15, 0.2) is 0 Å². The van der Waals surface area contributed by atoms with E-state index in [1.165, 1.54) is 82.8 Å². The highest BCUT2D eigenvalue weighted by Crippen LogP contribution is 2.47. The number of nitrogens with zero attached hydrogens (tertiary/aromatic N) is 4. The lowest BCUT2D eigenvalue weighted by atomic mass is 9.80. The molecule has 0 bridgehead atoms. The Morgan fingerprint density at radius 2 is 1.00 bits per heavy atom. The van der Waals surface area contributed by atoms with E-state index in [9.17, 15) is 0 Å². The summed E-state index contributed by atoms with van der Waals surface area (Å²) in [6, 6.07) is 0. The number of unbranched alkanes of at least 4 members (excludes halogenated alkanes) is 4. The first-order valence-electron chi connectivity index (χ1n) is 13.0. The number of thiazole rings is 2. The third kappa shape index (κ3) is 5.67. The molecule has 180 valence electrons. The van der Waals surface area contributed by atoms with E-state index in [1.807, 2.05) is 22.7 Å². The molecule has 0 aliphatic heterocycles. The van der Waals surface area contributed by atoms with Gasteiger partial charge in [-0.05, 0) is 39.5 Å². The quantitative estimate of drug-likeness (QED) is 0.280. The molecule has 6 heteroatoms. The second-order valence-electron chi connectivity index (χ2n) is 9.73. The predicted molar refractivity (Wildman–Crippen MR) is 143 cm³/mol. The molecular formula is C26H44N4S2. The monoisotopic (exact) mass is 476 g/mol. The molecule has 0 saturated heterocycles. The van der Waals surface area contributed by atoms with Crippen LogP contribution in [0, 0.1) is 0 Å². The normalized spacial score (nSPS) is 14.3. The van der Waals surface area contributed by atoms with Crippen LogP contribution in [-0.4, -0.2) is 36.1 Å². The SMILES string of the molecule is CCCCN(CCCC)c1nc2c(s1)Cc1sc(N(CCCC)CCCC)nc1C2(C)C. The second kappa shape index (κ2) is 11.8. The molecule has 0 saturated carbocycles. The molecule has 0 aromatic carbocycles. The lowest BCUT2D eigenvalue weighted by molar-refractivity contribution is 0.576. The highest BCUT2D eigenvalue weighted by molar-refractivity contribution is 7.17. The van der Waals surface area contributed by atoms with Gasteiger partial charge in [-0.25, -0.2) is 9.97 Å². The molecule has 4 nitrogen and oxygen atoms in total. The Morgan fingerprint density at radius 3 is 1.31 bits per heavy atom. The van der Waals surface area contributed by atoms with Gasteiger partial charge >= 0.3 is 0 Å². The third-order valence-corrected chi connectivity index (χ3v) is 8.78. The van der Waals surface area contributed by atoms with Crippen molar-refractivity contribution >= 4 is 32.9 Å². The summed E-state index contributed by atoms with van der Waals surface area (Å²) in [6.45, 7) is 18.3. The van der Waals surface area contributed by atoms with Gasteiger partial charge in [0, 0.05) is 42.4 Å². The van der Waals surface area contributed by atoms with Gasteiger partial charge in [0.25, 0.3) is 0 Å². The summed E-state index contributed by atoms with van der Waals surface area (Å²) in [5.41, 5.74) is 2.43. The van der Waals surface area contributed by atoms with Crippen molar-refractivity contribution in [2.45, 2.75) is 105 Å². The second-order valence-corrected chi connectivity index (χ2v) is 11.9. The molecule has 0 radical (unpaired) electrons. The van der Waals surface area contributed by atoms with E-state index in [4.69, 9.17) is 9.97 Å². The highest BCUT2D eigenvalue weighted by Gasteiger charge is 2.39. The summed E-state index contributed by atoms with van der Waals surface area (Å²) in [5, 5.41) is 2.46. The maximum atomic E-state index is 5.26. The fraction of sp³-hybridized carbons (Fsp3) is 0.769. The Labute approximate surface area is 204 Å². The maximum absolute atomic E-state index is 5.26. The van der Waals surface area contributed by atoms with E-state index in [0.29, 0.717) is 0 Å². The Bertz CT molecular complexity index is 757. The molecule has 3 rings (SSSR count). The highest BCUT2D eigenvalue weighted by atomic mass is 32.1. The summed E-state index contributed by atoms with van der Waals surface area (Å²) >= 11 is 3.87. The van der Waals surface area contributed by atoms with Crippen molar-refractivity contribution in [3.8, 4) is 0 Å². The Balaban J connectivity index is 1.87. The van der Waals surface area contributed by atoms with Gasteiger partial charge in [-0.1, -0.05) is 53.4 Å². The summed E-state index contributed by atoms with van der Waals surface area (Å²) < 4.78 is 0. The van der Waals surface area contributed by atoms with Gasteiger partial charge < -0.3 is 9.80 Å². The fourth-order valence-corrected chi connectivity index (χ4v) is 7.08. The molecule has 1 aliphatic carbocycles. The van der Waals surface area contributed by atoms with Crippen LogP contribution in [0.25, 0.3) is 0 Å². The van der Waals surface area contributed by atoms with E-state index in [2.05, 4.69) is 51.3 Å². The standard InChI is InChI=1S/C26H44N4S2/c1-7-11-15-29(16-12-8-2)24-27-22-20(31-24)19-21-23(26(22,5)6)28-25(32-21)30(17-13-9-3)18-14-10-4/h7-19H2,1-6H3. The molecule has 0 atom stereocenters. The smallest absolute Gasteiger partial charge is 0.185 e. The van der Waals surface area contributed by atoms with E-state index in [-0.39, 0.29) is 5.41 Å². The van der Waals surface area contributed by atoms with Crippen molar-refractivity contribution in [2.75, 3.05) is 36.0 Å². The van der Waals surface area contributed by atoms with Crippen LogP contribution in [-0.2, 0) is 11.8 Å². The van der Waals surface area contributed by atoms with E-state index in [0.717, 1.165) is 32.6 Å².